The first-order chi connectivity index (χ1) is 20.5. The van der Waals surface area contributed by atoms with Gasteiger partial charge in [0.15, 0.2) is 0 Å². The maximum Gasteiger partial charge on any atom is 0.305 e. The third-order valence-electron chi connectivity index (χ3n) is 9.06. The Kier molecular flexibility index (Phi) is 9.93. The lowest BCUT2D eigenvalue weighted by molar-refractivity contribution is -0.137. The van der Waals surface area contributed by atoms with Gasteiger partial charge in [-0.2, -0.15) is 0 Å². The largest absolute Gasteiger partial charge is 0.481 e. The van der Waals surface area contributed by atoms with Gasteiger partial charge in [0.1, 0.15) is 17.2 Å². The van der Waals surface area contributed by atoms with E-state index in [4.69, 9.17) is 21.7 Å². The van der Waals surface area contributed by atoms with Crippen LogP contribution in [0.5, 0.6) is 0 Å². The second-order valence-electron chi connectivity index (χ2n) is 14.5. The fourth-order valence-electron chi connectivity index (χ4n) is 6.43. The fourth-order valence-corrected chi connectivity index (χ4v) is 6.61. The molecule has 0 unspecified atom stereocenters. The number of hydrogen-bond acceptors (Lipinski definition) is 4. The van der Waals surface area contributed by atoms with Crippen molar-refractivity contribution >= 4 is 35.1 Å². The molecule has 9 heteroatoms. The first kappa shape index (κ1) is 33.6. The molecular weight excluding hydrogens is 581 g/mol. The molecule has 2 aromatic carbocycles. The first-order valence-corrected chi connectivity index (χ1v) is 15.9. The summed E-state index contributed by atoms with van der Waals surface area (Å²) in [5.41, 5.74) is 1.52. The van der Waals surface area contributed by atoms with Gasteiger partial charge < -0.3 is 15.3 Å². The van der Waals surface area contributed by atoms with Crippen molar-refractivity contribution in [2.24, 2.45) is 21.7 Å². The number of aliphatic carboxylic acids is 1. The monoisotopic (exact) mass is 625 g/mol. The van der Waals surface area contributed by atoms with E-state index >= 15 is 0 Å². The highest BCUT2D eigenvalue weighted by Crippen LogP contribution is 2.50. The van der Waals surface area contributed by atoms with Crippen molar-refractivity contribution in [2.75, 3.05) is 6.54 Å². The van der Waals surface area contributed by atoms with E-state index in [9.17, 15) is 18.8 Å². The second-order valence-corrected chi connectivity index (χ2v) is 14.9. The molecule has 1 heterocycles. The van der Waals surface area contributed by atoms with E-state index in [-0.39, 0.29) is 46.7 Å². The molecule has 2 N–H and O–H groups in total. The number of aliphatic imine (C=N–C) groups is 1. The number of carboxylic acid groups (broad SMARTS) is 1. The summed E-state index contributed by atoms with van der Waals surface area (Å²) in [6, 6.07) is 11.2. The zero-order chi connectivity index (χ0) is 32.4. The highest BCUT2D eigenvalue weighted by atomic mass is 35.5. The van der Waals surface area contributed by atoms with Gasteiger partial charge in [0.05, 0.1) is 17.5 Å². The number of halogens is 2. The van der Waals surface area contributed by atoms with Crippen molar-refractivity contribution < 1.29 is 23.9 Å². The zero-order valence-corrected chi connectivity index (χ0v) is 27.4. The molecule has 0 radical (unpaired) electrons. The van der Waals surface area contributed by atoms with Crippen LogP contribution in [0.15, 0.2) is 47.5 Å². The number of carbonyl (C=O) groups excluding carboxylic acids is 2. The average Bonchev–Trinajstić information content (AvgIpc) is 3.20. The molecule has 1 aliphatic carbocycles. The van der Waals surface area contributed by atoms with Gasteiger partial charge in [-0.3, -0.25) is 19.4 Å². The van der Waals surface area contributed by atoms with Crippen molar-refractivity contribution in [1.29, 1.82) is 0 Å². The van der Waals surface area contributed by atoms with E-state index in [0.717, 1.165) is 37.7 Å². The molecule has 4 rings (SSSR count). The maximum absolute atomic E-state index is 14.5. The Bertz CT molecular complexity index is 1420. The first-order valence-electron chi connectivity index (χ1n) is 15.5. The number of benzene rings is 2. The van der Waals surface area contributed by atoms with Crippen molar-refractivity contribution in [2.45, 2.75) is 98.2 Å². The van der Waals surface area contributed by atoms with Crippen LogP contribution in [0.1, 0.15) is 114 Å². The van der Waals surface area contributed by atoms with E-state index in [1.54, 1.807) is 18.2 Å². The van der Waals surface area contributed by atoms with Gasteiger partial charge in [-0.25, -0.2) is 4.39 Å². The summed E-state index contributed by atoms with van der Waals surface area (Å²) in [5, 5.41) is 11.5. The molecule has 2 amide bonds. The lowest BCUT2D eigenvalue weighted by Crippen LogP contribution is -2.51. The van der Waals surface area contributed by atoms with Crippen molar-refractivity contribution in [3.05, 3.63) is 70.0 Å². The summed E-state index contributed by atoms with van der Waals surface area (Å²) in [6.07, 6.45) is 4.67. The Morgan fingerprint density at radius 2 is 1.73 bits per heavy atom. The molecule has 238 valence electrons. The van der Waals surface area contributed by atoms with E-state index < -0.39 is 17.4 Å². The van der Waals surface area contributed by atoms with Gasteiger partial charge in [-0.1, -0.05) is 65.3 Å². The summed E-state index contributed by atoms with van der Waals surface area (Å²) < 4.78 is 14.1. The van der Waals surface area contributed by atoms with Crippen LogP contribution in [-0.2, 0) is 9.59 Å². The Morgan fingerprint density at radius 1 is 1.09 bits per heavy atom. The number of carbonyl (C=O) groups is 3. The van der Waals surface area contributed by atoms with Crippen LogP contribution in [0, 0.1) is 22.6 Å². The minimum Gasteiger partial charge on any atom is -0.481 e. The summed E-state index contributed by atoms with van der Waals surface area (Å²) in [5.74, 6) is -1.58. The molecule has 1 spiro atoms. The van der Waals surface area contributed by atoms with Crippen LogP contribution in [0.25, 0.3) is 0 Å². The Balaban J connectivity index is 1.74. The maximum atomic E-state index is 14.5. The summed E-state index contributed by atoms with van der Waals surface area (Å²) >= 11 is 6.15. The fraction of sp³-hybridized carbons (Fsp3) is 0.543. The molecular formula is C35H45ClFN3O4. The minimum atomic E-state index is -0.979. The third-order valence-corrected chi connectivity index (χ3v) is 9.35. The van der Waals surface area contributed by atoms with E-state index in [1.165, 1.54) is 12.1 Å². The third kappa shape index (κ3) is 7.68. The molecule has 2 aromatic rings. The average molecular weight is 626 g/mol. The highest BCUT2D eigenvalue weighted by Gasteiger charge is 2.52. The topological polar surface area (TPSA) is 99.1 Å². The second kappa shape index (κ2) is 13.0. The van der Waals surface area contributed by atoms with Gasteiger partial charge >= 0.3 is 5.97 Å². The quantitative estimate of drug-likeness (QED) is 0.297. The number of nitrogens with one attached hydrogen (secondary N) is 1. The molecule has 0 aromatic heterocycles. The minimum absolute atomic E-state index is 0.0101. The summed E-state index contributed by atoms with van der Waals surface area (Å²) in [6.45, 7) is 13.3. The van der Waals surface area contributed by atoms with Crippen LogP contribution in [-0.4, -0.2) is 45.7 Å². The van der Waals surface area contributed by atoms with Gasteiger partial charge in [-0.15, -0.1) is 0 Å². The highest BCUT2D eigenvalue weighted by molar-refractivity contribution is 6.47. The van der Waals surface area contributed by atoms with Crippen molar-refractivity contribution in [1.82, 2.24) is 10.2 Å². The van der Waals surface area contributed by atoms with E-state index in [0.29, 0.717) is 29.2 Å². The van der Waals surface area contributed by atoms with Crippen LogP contribution in [0.2, 0.25) is 5.02 Å². The molecule has 0 saturated heterocycles. The molecule has 44 heavy (non-hydrogen) atoms. The molecule has 2 aliphatic rings. The van der Waals surface area contributed by atoms with Gasteiger partial charge in [0.2, 0.25) is 0 Å². The standard InChI is InChI=1S/C35H45ClFN3O4/c1-33(2,3)17-15-28(22-7-9-23(10-8-22)31(43)38-20-16-29(41)42)40-32(44)30(24-11-12-27(37)26(36)21-24)39-35(40)18-13-25(14-19-35)34(4,5)6/h7-12,21,25,28H,13-20H2,1-6H3,(H,38,43)(H,41,42)/t25?,28-,35?/m1/s1. The van der Waals surface area contributed by atoms with E-state index in [1.807, 2.05) is 17.0 Å². The molecule has 1 fully saturated rings. The predicted molar refractivity (Wildman–Crippen MR) is 171 cm³/mol. The SMILES string of the molecule is CC(C)(C)CC[C@H](c1ccc(C(=O)NCCC(=O)O)cc1)N1C(=O)C(c2ccc(F)c(Cl)c2)=NC12CCC(C(C)(C)C)CC2. The number of nitrogens with zero attached hydrogens (tertiary/aromatic N) is 2. The molecule has 0 bridgehead atoms. The molecule has 1 saturated carbocycles. The molecule has 1 atom stereocenters. The van der Waals surface area contributed by atoms with Gasteiger partial charge in [-0.05, 0) is 91.2 Å². The summed E-state index contributed by atoms with van der Waals surface area (Å²) in [4.78, 5) is 45.1. The van der Waals surface area contributed by atoms with Gasteiger partial charge in [0.25, 0.3) is 11.8 Å². The van der Waals surface area contributed by atoms with E-state index in [2.05, 4.69) is 46.9 Å². The normalized spacial score (nSPS) is 21.4. The lowest BCUT2D eigenvalue weighted by Gasteiger charge is -2.47. The van der Waals surface area contributed by atoms with Gasteiger partial charge in [0, 0.05) is 17.7 Å². The number of amides is 2. The lowest BCUT2D eigenvalue weighted by atomic mass is 9.69. The van der Waals surface area contributed by atoms with Crippen LogP contribution in [0.4, 0.5) is 4.39 Å². The van der Waals surface area contributed by atoms with Crippen LogP contribution >= 0.6 is 11.6 Å². The zero-order valence-electron chi connectivity index (χ0n) is 26.7. The summed E-state index contributed by atoms with van der Waals surface area (Å²) in [7, 11) is 0. The Labute approximate surface area is 265 Å². The predicted octanol–water partition coefficient (Wildman–Crippen LogP) is 7.82. The van der Waals surface area contributed by atoms with Crippen LogP contribution in [0.3, 0.4) is 0 Å². The van der Waals surface area contributed by atoms with Crippen molar-refractivity contribution in [3.8, 4) is 0 Å². The van der Waals surface area contributed by atoms with Crippen LogP contribution < -0.4 is 5.32 Å². The number of carboxylic acids is 1. The number of hydrogen-bond donors (Lipinski definition) is 2. The number of rotatable bonds is 9. The van der Waals surface area contributed by atoms with Crippen molar-refractivity contribution in [3.63, 3.8) is 0 Å². The molecule has 1 aliphatic heterocycles. The molecule has 7 nitrogen and oxygen atoms in total. The Hall–Kier alpha value is -3.26. The smallest absolute Gasteiger partial charge is 0.305 e. The Morgan fingerprint density at radius 3 is 2.27 bits per heavy atom.